The quantitative estimate of drug-likeness (QED) is 0.709. The highest BCUT2D eigenvalue weighted by molar-refractivity contribution is 6.00. The normalized spacial score (nSPS) is 19.9. The Kier molecular flexibility index (Phi) is 4.68. The molecule has 2 N–H and O–H groups in total. The lowest BCUT2D eigenvalue weighted by molar-refractivity contribution is -0.137. The highest BCUT2D eigenvalue weighted by atomic mass is 19.4. The monoisotopic (exact) mass is 389 g/mol. The van der Waals surface area contributed by atoms with Crippen molar-refractivity contribution in [2.75, 3.05) is 25.1 Å². The molecule has 28 heavy (non-hydrogen) atoms. The van der Waals surface area contributed by atoms with Crippen molar-refractivity contribution in [1.29, 1.82) is 0 Å². The number of hydrogen-bond donors (Lipinski definition) is 2. The Labute approximate surface area is 159 Å². The predicted octanol–water partition coefficient (Wildman–Crippen LogP) is 3.88. The first-order valence-electron chi connectivity index (χ1n) is 8.83. The maximum atomic E-state index is 12.8. The van der Waals surface area contributed by atoms with E-state index in [1.165, 1.54) is 12.1 Å². The number of halogens is 3. The van der Waals surface area contributed by atoms with Gasteiger partial charge in [0.2, 0.25) is 0 Å². The molecule has 1 atom stereocenters. The third-order valence-corrected chi connectivity index (χ3v) is 4.84. The predicted molar refractivity (Wildman–Crippen MR) is 98.9 cm³/mol. The topological polar surface area (TPSA) is 67.3 Å². The molecule has 0 saturated carbocycles. The summed E-state index contributed by atoms with van der Waals surface area (Å²) in [6.45, 7) is 1.04. The van der Waals surface area contributed by atoms with Gasteiger partial charge in [0.05, 0.1) is 12.2 Å². The molecule has 8 heteroatoms. The molecule has 4 rings (SSSR count). The van der Waals surface area contributed by atoms with Gasteiger partial charge in [-0.05, 0) is 12.1 Å². The summed E-state index contributed by atoms with van der Waals surface area (Å²) in [6.07, 6.45) is -3.85. The van der Waals surface area contributed by atoms with E-state index >= 15 is 0 Å². The molecule has 1 aliphatic heterocycles. The summed E-state index contributed by atoms with van der Waals surface area (Å²) in [5.41, 5.74) is -0.614. The Balaban J connectivity index is 1.67. The molecular weight excluding hydrogens is 371 g/mol. The summed E-state index contributed by atoms with van der Waals surface area (Å²) in [4.78, 5) is 0. The maximum Gasteiger partial charge on any atom is 0.416 e. The van der Waals surface area contributed by atoms with Crippen molar-refractivity contribution in [2.45, 2.75) is 18.2 Å². The van der Waals surface area contributed by atoms with Crippen LogP contribution >= 0.6 is 0 Å². The minimum atomic E-state index is -4.38. The lowest BCUT2D eigenvalue weighted by atomic mass is 10.0. The molecule has 0 aliphatic carbocycles. The minimum absolute atomic E-state index is 0.259. The van der Waals surface area contributed by atoms with E-state index in [0.717, 1.165) is 22.9 Å². The number of alkyl halides is 3. The number of aromatic nitrogens is 2. The average molecular weight is 389 g/mol. The highest BCUT2D eigenvalue weighted by Crippen LogP contribution is 2.33. The van der Waals surface area contributed by atoms with Crippen LogP contribution in [0.4, 0.5) is 19.0 Å². The van der Waals surface area contributed by atoms with Crippen LogP contribution in [-0.2, 0) is 10.9 Å². The number of rotatable bonds is 4. The lowest BCUT2D eigenvalue weighted by Crippen LogP contribution is -2.37. The number of nitrogens with one attached hydrogen (secondary N) is 1. The Bertz CT molecular complexity index is 984. The van der Waals surface area contributed by atoms with E-state index in [0.29, 0.717) is 30.1 Å². The van der Waals surface area contributed by atoms with E-state index in [2.05, 4.69) is 15.5 Å². The van der Waals surface area contributed by atoms with Gasteiger partial charge in [0.1, 0.15) is 11.3 Å². The molecule has 1 aromatic heterocycles. The zero-order valence-corrected chi connectivity index (χ0v) is 14.8. The molecule has 0 bridgehead atoms. The second-order valence-electron chi connectivity index (χ2n) is 6.90. The van der Waals surface area contributed by atoms with Gasteiger partial charge < -0.3 is 15.2 Å². The second kappa shape index (κ2) is 7.03. The Morgan fingerprint density at radius 2 is 1.75 bits per heavy atom. The molecule has 3 aromatic rings. The fraction of sp³-hybridized carbons (Fsp3) is 0.300. The van der Waals surface area contributed by atoms with Crippen LogP contribution in [0.5, 0.6) is 0 Å². The largest absolute Gasteiger partial charge is 0.416 e. The molecule has 0 spiro atoms. The summed E-state index contributed by atoms with van der Waals surface area (Å²) in [6, 6.07) is 12.2. The third-order valence-electron chi connectivity index (χ3n) is 4.84. The third kappa shape index (κ3) is 3.65. The number of aliphatic hydroxyl groups is 1. The van der Waals surface area contributed by atoms with E-state index in [1.807, 2.05) is 24.3 Å². The zero-order chi connectivity index (χ0) is 19.8. The molecule has 2 aromatic carbocycles. The summed E-state index contributed by atoms with van der Waals surface area (Å²) in [5, 5.41) is 23.5. The Hall–Kier alpha value is -2.71. The van der Waals surface area contributed by atoms with E-state index < -0.39 is 17.3 Å². The molecule has 5 nitrogen and oxygen atoms in total. The van der Waals surface area contributed by atoms with Crippen LogP contribution in [-0.4, -0.2) is 40.7 Å². The second-order valence-corrected chi connectivity index (χ2v) is 6.90. The van der Waals surface area contributed by atoms with Gasteiger partial charge in [0, 0.05) is 35.9 Å². The molecule has 1 fully saturated rings. The van der Waals surface area contributed by atoms with Crippen molar-refractivity contribution < 1.29 is 23.0 Å². The van der Waals surface area contributed by atoms with Gasteiger partial charge in [0.15, 0.2) is 5.82 Å². The molecule has 0 unspecified atom stereocenters. The zero-order valence-electron chi connectivity index (χ0n) is 14.8. The van der Waals surface area contributed by atoms with E-state index in [9.17, 15) is 18.3 Å². The number of hydrogen-bond acceptors (Lipinski definition) is 5. The van der Waals surface area contributed by atoms with Crippen LogP contribution in [0.25, 0.3) is 22.0 Å². The number of nitrogens with zero attached hydrogens (tertiary/aromatic N) is 2. The lowest BCUT2D eigenvalue weighted by Gasteiger charge is -2.21. The van der Waals surface area contributed by atoms with Crippen LogP contribution in [0.1, 0.15) is 12.0 Å². The molecule has 1 saturated heterocycles. The molecule has 2 heterocycles. The number of benzene rings is 2. The van der Waals surface area contributed by atoms with Crippen molar-refractivity contribution in [3.05, 3.63) is 54.1 Å². The van der Waals surface area contributed by atoms with Gasteiger partial charge in [-0.1, -0.05) is 36.4 Å². The number of ether oxygens (including phenoxy) is 1. The van der Waals surface area contributed by atoms with Gasteiger partial charge in [0.25, 0.3) is 0 Å². The minimum Gasteiger partial charge on any atom is -0.386 e. The van der Waals surface area contributed by atoms with E-state index in [1.54, 1.807) is 0 Å². The molecule has 0 amide bonds. The van der Waals surface area contributed by atoms with Crippen molar-refractivity contribution in [3.8, 4) is 11.3 Å². The van der Waals surface area contributed by atoms with Crippen LogP contribution < -0.4 is 5.32 Å². The van der Waals surface area contributed by atoms with E-state index in [4.69, 9.17) is 4.74 Å². The Morgan fingerprint density at radius 1 is 1.04 bits per heavy atom. The summed E-state index contributed by atoms with van der Waals surface area (Å²) >= 11 is 0. The summed E-state index contributed by atoms with van der Waals surface area (Å²) in [7, 11) is 0. The maximum absolute atomic E-state index is 12.8. The summed E-state index contributed by atoms with van der Waals surface area (Å²) < 4.78 is 43.7. The first-order chi connectivity index (χ1) is 13.4. The number of anilines is 1. The van der Waals surface area contributed by atoms with Gasteiger partial charge in [-0.3, -0.25) is 0 Å². The molecule has 0 radical (unpaired) electrons. The van der Waals surface area contributed by atoms with Crippen LogP contribution in [0, 0.1) is 0 Å². The van der Waals surface area contributed by atoms with Gasteiger partial charge in [-0.15, -0.1) is 10.2 Å². The number of fused-ring (bicyclic) bond motifs is 1. The van der Waals surface area contributed by atoms with Crippen LogP contribution in [0.3, 0.4) is 0 Å². The van der Waals surface area contributed by atoms with Crippen molar-refractivity contribution >= 4 is 16.6 Å². The first-order valence-corrected chi connectivity index (χ1v) is 8.83. The van der Waals surface area contributed by atoms with Gasteiger partial charge in [-0.2, -0.15) is 13.2 Å². The average Bonchev–Trinajstić information content (AvgIpc) is 3.12. The molecular formula is C20H18F3N3O2. The molecule has 1 aliphatic rings. The van der Waals surface area contributed by atoms with Gasteiger partial charge >= 0.3 is 6.18 Å². The smallest absolute Gasteiger partial charge is 0.386 e. The highest BCUT2D eigenvalue weighted by Gasteiger charge is 2.32. The van der Waals surface area contributed by atoms with Crippen LogP contribution in [0.15, 0.2) is 48.5 Å². The summed E-state index contributed by atoms with van der Waals surface area (Å²) in [5.74, 6) is 0.506. The SMILES string of the molecule is O[C@@]1(CNc2nnc(-c3ccc(C(F)(F)F)cc3)c3ccccc23)CCOC1. The van der Waals surface area contributed by atoms with E-state index in [-0.39, 0.29) is 13.2 Å². The van der Waals surface area contributed by atoms with Gasteiger partial charge in [-0.25, -0.2) is 0 Å². The van der Waals surface area contributed by atoms with Crippen molar-refractivity contribution in [2.24, 2.45) is 0 Å². The fourth-order valence-corrected chi connectivity index (χ4v) is 3.25. The fourth-order valence-electron chi connectivity index (χ4n) is 3.25. The van der Waals surface area contributed by atoms with Crippen LogP contribution in [0.2, 0.25) is 0 Å². The molecule has 146 valence electrons. The Morgan fingerprint density at radius 3 is 2.39 bits per heavy atom. The van der Waals surface area contributed by atoms with Crippen molar-refractivity contribution in [1.82, 2.24) is 10.2 Å². The standard InChI is InChI=1S/C20H18F3N3O2/c21-20(22,23)14-7-5-13(6-8-14)17-15-3-1-2-4-16(15)18(26-25-17)24-11-19(27)9-10-28-12-19/h1-8,27H,9-12H2,(H,24,26)/t19-/m1/s1. The first kappa shape index (κ1) is 18.6. The van der Waals surface area contributed by atoms with Crippen molar-refractivity contribution in [3.63, 3.8) is 0 Å².